The summed E-state index contributed by atoms with van der Waals surface area (Å²) >= 11 is 6.08. The normalized spacial score (nSPS) is 12.6. The molecule has 1 heterocycles. The number of aromatic nitrogens is 1. The summed E-state index contributed by atoms with van der Waals surface area (Å²) < 4.78 is 0. The van der Waals surface area contributed by atoms with Gasteiger partial charge in [0.1, 0.15) is 6.04 Å². The largest absolute Gasteiger partial charge is 0.368 e. The molecule has 0 bridgehead atoms. The molecule has 0 aliphatic carbocycles. The summed E-state index contributed by atoms with van der Waals surface area (Å²) in [5.41, 5.74) is 6.77. The molecule has 1 atom stereocenters. The van der Waals surface area contributed by atoms with Gasteiger partial charge in [0.2, 0.25) is 5.91 Å². The number of pyridine rings is 1. The van der Waals surface area contributed by atoms with Crippen LogP contribution in [0.15, 0.2) is 30.5 Å². The number of fused-ring (bicyclic) bond motifs is 1. The number of likely N-dealkylation sites (N-methyl/N-ethyl adjacent to an activating group) is 1. The first-order valence-corrected chi connectivity index (χ1v) is 5.52. The number of halogens is 1. The number of primary amides is 1. The fourth-order valence-electron chi connectivity index (χ4n) is 1.84. The molecule has 0 fully saturated rings. The lowest BCUT2D eigenvalue weighted by Crippen LogP contribution is -2.31. The van der Waals surface area contributed by atoms with Crippen LogP contribution in [0.5, 0.6) is 0 Å². The van der Waals surface area contributed by atoms with Crippen LogP contribution in [0.2, 0.25) is 5.02 Å². The Morgan fingerprint density at radius 2 is 2.24 bits per heavy atom. The molecule has 2 aromatic rings. The van der Waals surface area contributed by atoms with Gasteiger partial charge >= 0.3 is 0 Å². The first-order valence-electron chi connectivity index (χ1n) is 5.15. The Morgan fingerprint density at radius 3 is 2.88 bits per heavy atom. The summed E-state index contributed by atoms with van der Waals surface area (Å²) in [6, 6.07) is 6.61. The molecule has 4 nitrogen and oxygen atoms in total. The third-order valence-electron chi connectivity index (χ3n) is 2.63. The maximum absolute atomic E-state index is 11.4. The molecule has 0 aliphatic heterocycles. The maximum Gasteiger partial charge on any atom is 0.239 e. The molecule has 17 heavy (non-hydrogen) atoms. The van der Waals surface area contributed by atoms with E-state index < -0.39 is 11.9 Å². The number of hydrogen-bond acceptors (Lipinski definition) is 3. The number of nitrogens with one attached hydrogen (secondary N) is 1. The summed E-state index contributed by atoms with van der Waals surface area (Å²) in [4.78, 5) is 15.6. The lowest BCUT2D eigenvalue weighted by Gasteiger charge is -2.15. The predicted octanol–water partition coefficient (Wildman–Crippen LogP) is 1.63. The van der Waals surface area contributed by atoms with Crippen LogP contribution in [-0.2, 0) is 4.79 Å². The Morgan fingerprint density at radius 1 is 1.47 bits per heavy atom. The van der Waals surface area contributed by atoms with Crippen LogP contribution >= 0.6 is 11.6 Å². The van der Waals surface area contributed by atoms with E-state index in [1.165, 1.54) is 0 Å². The lowest BCUT2D eigenvalue weighted by atomic mass is 10.0. The summed E-state index contributed by atoms with van der Waals surface area (Å²) in [6.07, 6.45) is 1.66. The zero-order chi connectivity index (χ0) is 12.4. The highest BCUT2D eigenvalue weighted by molar-refractivity contribution is 6.35. The molecule has 1 aromatic heterocycles. The molecule has 0 aliphatic rings. The Balaban J connectivity index is 2.70. The number of hydrogen-bond donors (Lipinski definition) is 2. The molecular formula is C12H12ClN3O. The summed E-state index contributed by atoms with van der Waals surface area (Å²) in [6.45, 7) is 0. The Kier molecular flexibility index (Phi) is 3.26. The monoisotopic (exact) mass is 249 g/mol. The van der Waals surface area contributed by atoms with Gasteiger partial charge in [-0.15, -0.1) is 0 Å². The second-order valence-electron chi connectivity index (χ2n) is 3.66. The Hall–Kier alpha value is -1.65. The van der Waals surface area contributed by atoms with Crippen molar-refractivity contribution in [1.82, 2.24) is 10.3 Å². The van der Waals surface area contributed by atoms with E-state index in [1.54, 1.807) is 31.4 Å². The minimum Gasteiger partial charge on any atom is -0.368 e. The van der Waals surface area contributed by atoms with Gasteiger partial charge in [0, 0.05) is 22.2 Å². The van der Waals surface area contributed by atoms with Crippen molar-refractivity contribution in [2.24, 2.45) is 5.73 Å². The maximum atomic E-state index is 11.4. The Labute approximate surface area is 104 Å². The van der Waals surface area contributed by atoms with Gasteiger partial charge < -0.3 is 11.1 Å². The smallest absolute Gasteiger partial charge is 0.239 e. The molecule has 3 N–H and O–H groups in total. The number of nitrogens with zero attached hydrogens (tertiary/aromatic N) is 1. The molecular weight excluding hydrogens is 238 g/mol. The molecule has 1 unspecified atom stereocenters. The van der Waals surface area contributed by atoms with Crippen molar-refractivity contribution >= 4 is 28.4 Å². The van der Waals surface area contributed by atoms with Crippen molar-refractivity contribution in [2.45, 2.75) is 6.04 Å². The van der Waals surface area contributed by atoms with Crippen molar-refractivity contribution < 1.29 is 4.79 Å². The van der Waals surface area contributed by atoms with Crippen molar-refractivity contribution in [1.29, 1.82) is 0 Å². The van der Waals surface area contributed by atoms with Crippen LogP contribution in [0, 0.1) is 0 Å². The van der Waals surface area contributed by atoms with E-state index in [-0.39, 0.29) is 0 Å². The quantitative estimate of drug-likeness (QED) is 0.869. The molecule has 1 aromatic carbocycles. The van der Waals surface area contributed by atoms with E-state index in [4.69, 9.17) is 17.3 Å². The second-order valence-corrected chi connectivity index (χ2v) is 4.07. The average molecular weight is 250 g/mol. The van der Waals surface area contributed by atoms with E-state index in [9.17, 15) is 4.79 Å². The van der Waals surface area contributed by atoms with Crippen LogP contribution in [0.1, 0.15) is 11.6 Å². The van der Waals surface area contributed by atoms with Gasteiger partial charge in [-0.25, -0.2) is 0 Å². The van der Waals surface area contributed by atoms with Gasteiger partial charge in [-0.1, -0.05) is 17.7 Å². The molecule has 88 valence electrons. The van der Waals surface area contributed by atoms with E-state index in [0.29, 0.717) is 10.5 Å². The van der Waals surface area contributed by atoms with Crippen molar-refractivity contribution in [3.8, 4) is 0 Å². The molecule has 0 saturated heterocycles. The zero-order valence-corrected chi connectivity index (χ0v) is 10.0. The summed E-state index contributed by atoms with van der Waals surface area (Å²) in [5.74, 6) is -0.443. The number of carbonyl (C=O) groups excluding carboxylic acids is 1. The van der Waals surface area contributed by atoms with E-state index in [1.807, 2.05) is 6.07 Å². The molecule has 0 radical (unpaired) electrons. The van der Waals surface area contributed by atoms with Crippen molar-refractivity contribution in [3.63, 3.8) is 0 Å². The van der Waals surface area contributed by atoms with Gasteiger partial charge in [0.25, 0.3) is 0 Å². The lowest BCUT2D eigenvalue weighted by molar-refractivity contribution is -0.120. The minimum absolute atomic E-state index is 0.443. The van der Waals surface area contributed by atoms with Crippen molar-refractivity contribution in [3.05, 3.63) is 41.0 Å². The first-order chi connectivity index (χ1) is 8.15. The number of benzene rings is 1. The van der Waals surface area contributed by atoms with Gasteiger partial charge in [0.05, 0.1) is 5.52 Å². The van der Waals surface area contributed by atoms with Gasteiger partial charge in [-0.3, -0.25) is 9.78 Å². The van der Waals surface area contributed by atoms with Crippen LogP contribution < -0.4 is 11.1 Å². The fourth-order valence-corrected chi connectivity index (χ4v) is 2.06. The molecule has 1 amide bonds. The highest BCUT2D eigenvalue weighted by Crippen LogP contribution is 2.28. The van der Waals surface area contributed by atoms with Crippen molar-refractivity contribution in [2.75, 3.05) is 7.05 Å². The summed E-state index contributed by atoms with van der Waals surface area (Å²) in [5, 5.41) is 4.29. The first kappa shape index (κ1) is 11.8. The Bertz CT molecular complexity index is 571. The van der Waals surface area contributed by atoms with Gasteiger partial charge in [-0.05, 0) is 25.2 Å². The topological polar surface area (TPSA) is 68.0 Å². The van der Waals surface area contributed by atoms with Gasteiger partial charge in [0.15, 0.2) is 0 Å². The molecule has 5 heteroatoms. The third-order valence-corrected chi connectivity index (χ3v) is 2.96. The van der Waals surface area contributed by atoms with Crippen LogP contribution in [0.25, 0.3) is 10.9 Å². The predicted molar refractivity (Wildman–Crippen MR) is 67.7 cm³/mol. The standard InChI is InChI=1S/C12H12ClN3O/c1-15-11(12(14)17)8-4-5-9(13)7-3-2-6-16-10(7)8/h2-6,11,15H,1H3,(H2,14,17). The SMILES string of the molecule is CNC(C(N)=O)c1ccc(Cl)c2cccnc12. The minimum atomic E-state index is -0.565. The van der Waals surface area contributed by atoms with E-state index in [2.05, 4.69) is 10.3 Å². The highest BCUT2D eigenvalue weighted by atomic mass is 35.5. The average Bonchev–Trinajstić information content (AvgIpc) is 2.33. The summed E-state index contributed by atoms with van der Waals surface area (Å²) in [7, 11) is 1.68. The fraction of sp³-hybridized carbons (Fsp3) is 0.167. The molecule has 2 rings (SSSR count). The van der Waals surface area contributed by atoms with E-state index in [0.717, 1.165) is 10.9 Å². The molecule has 0 spiro atoms. The van der Waals surface area contributed by atoms with E-state index >= 15 is 0 Å². The molecule has 0 saturated carbocycles. The number of nitrogens with two attached hydrogens (primary N) is 1. The number of rotatable bonds is 3. The third kappa shape index (κ3) is 2.09. The van der Waals surface area contributed by atoms with Crippen LogP contribution in [-0.4, -0.2) is 17.9 Å². The van der Waals surface area contributed by atoms with Crippen LogP contribution in [0.3, 0.4) is 0 Å². The number of carbonyl (C=O) groups is 1. The van der Waals surface area contributed by atoms with Crippen LogP contribution in [0.4, 0.5) is 0 Å². The second kappa shape index (κ2) is 4.69. The highest BCUT2D eigenvalue weighted by Gasteiger charge is 2.19. The number of amides is 1. The zero-order valence-electron chi connectivity index (χ0n) is 9.27. The van der Waals surface area contributed by atoms with Gasteiger partial charge in [-0.2, -0.15) is 0 Å².